The van der Waals surface area contributed by atoms with E-state index >= 15 is 0 Å². The normalized spacial score (nSPS) is 11.5. The second-order valence-corrected chi connectivity index (χ2v) is 6.54. The van der Waals surface area contributed by atoms with Crippen LogP contribution < -0.4 is 4.74 Å². The topological polar surface area (TPSA) is 95.9 Å². The molecule has 0 aliphatic heterocycles. The molecule has 0 aliphatic rings. The molecular formula is C20H18F2N8O. The summed E-state index contributed by atoms with van der Waals surface area (Å²) >= 11 is 0. The Bertz CT molecular complexity index is 1180. The van der Waals surface area contributed by atoms with Crippen molar-refractivity contribution in [1.82, 2.24) is 34.7 Å². The third-order valence-electron chi connectivity index (χ3n) is 4.46. The standard InChI is InChI=1S/C20H18F2N8O/c1-13-17(30(28-25-13)16-5-3-14(4-6-16)20(21)22)11-31-19-8-7-18(26-27-19)29-10-15(9-23-2)24-12-29/h3-10,12,20H,11H2,1-2H3/b23-9+. The van der Waals surface area contributed by atoms with Gasteiger partial charge in [-0.25, -0.2) is 18.4 Å². The Hall–Kier alpha value is -4.02. The molecule has 4 aromatic rings. The number of aliphatic imine (C=N–C) groups is 1. The number of nitrogens with zero attached hydrogens (tertiary/aromatic N) is 8. The molecule has 9 nitrogen and oxygen atoms in total. The number of hydrogen-bond donors (Lipinski definition) is 0. The summed E-state index contributed by atoms with van der Waals surface area (Å²) in [5, 5.41) is 16.4. The molecule has 0 atom stereocenters. The highest BCUT2D eigenvalue weighted by molar-refractivity contribution is 5.76. The molecule has 0 saturated heterocycles. The molecule has 0 radical (unpaired) electrons. The van der Waals surface area contributed by atoms with Gasteiger partial charge in [0.25, 0.3) is 6.43 Å². The quantitative estimate of drug-likeness (QED) is 0.423. The monoisotopic (exact) mass is 424 g/mol. The Morgan fingerprint density at radius 2 is 1.90 bits per heavy atom. The van der Waals surface area contributed by atoms with Crippen LogP contribution in [0.4, 0.5) is 8.78 Å². The lowest BCUT2D eigenvalue weighted by atomic mass is 10.2. The summed E-state index contributed by atoms with van der Waals surface area (Å²) in [5.74, 6) is 0.900. The lowest BCUT2D eigenvalue weighted by Crippen LogP contribution is -2.08. The fourth-order valence-corrected chi connectivity index (χ4v) is 2.84. The van der Waals surface area contributed by atoms with Gasteiger partial charge in [0, 0.05) is 31.1 Å². The predicted octanol–water partition coefficient (Wildman–Crippen LogP) is 3.12. The SMILES string of the molecule is C/N=C/c1cn(-c2ccc(OCc3c(C)nnn3-c3ccc(C(F)F)cc3)nn2)cn1. The smallest absolute Gasteiger partial charge is 0.263 e. The first-order chi connectivity index (χ1) is 15.0. The van der Waals surface area contributed by atoms with Crippen LogP contribution in [0.3, 0.4) is 0 Å². The zero-order chi connectivity index (χ0) is 21.8. The minimum Gasteiger partial charge on any atom is -0.470 e. The maximum absolute atomic E-state index is 12.8. The van der Waals surface area contributed by atoms with E-state index in [-0.39, 0.29) is 12.2 Å². The van der Waals surface area contributed by atoms with E-state index in [0.717, 1.165) is 0 Å². The highest BCUT2D eigenvalue weighted by atomic mass is 19.3. The molecule has 0 N–H and O–H groups in total. The van der Waals surface area contributed by atoms with Crippen LogP contribution in [0.1, 0.15) is 29.1 Å². The molecule has 0 fully saturated rings. The van der Waals surface area contributed by atoms with Gasteiger partial charge in [0.1, 0.15) is 18.6 Å². The van der Waals surface area contributed by atoms with Crippen LogP contribution in [0.15, 0.2) is 53.9 Å². The molecule has 0 aliphatic carbocycles. The van der Waals surface area contributed by atoms with Gasteiger partial charge in [-0.3, -0.25) is 9.56 Å². The Balaban J connectivity index is 1.47. The first-order valence-electron chi connectivity index (χ1n) is 9.28. The Labute approximate surface area is 176 Å². The van der Waals surface area contributed by atoms with Crippen molar-refractivity contribution in [2.45, 2.75) is 20.0 Å². The summed E-state index contributed by atoms with van der Waals surface area (Å²) in [4.78, 5) is 8.12. The Kier molecular flexibility index (Phi) is 5.74. The first-order valence-corrected chi connectivity index (χ1v) is 9.28. The maximum Gasteiger partial charge on any atom is 0.263 e. The second-order valence-electron chi connectivity index (χ2n) is 6.54. The molecule has 0 bridgehead atoms. The molecule has 3 aromatic heterocycles. The zero-order valence-corrected chi connectivity index (χ0v) is 16.7. The second kappa shape index (κ2) is 8.78. The number of imidazole rings is 1. The molecule has 0 spiro atoms. The average Bonchev–Trinajstić information content (AvgIpc) is 3.40. The van der Waals surface area contributed by atoms with Gasteiger partial charge in [0.15, 0.2) is 5.82 Å². The van der Waals surface area contributed by atoms with Gasteiger partial charge in [-0.1, -0.05) is 17.3 Å². The molecule has 1 aromatic carbocycles. The van der Waals surface area contributed by atoms with E-state index in [1.54, 1.807) is 66.2 Å². The number of hydrogen-bond acceptors (Lipinski definition) is 7. The van der Waals surface area contributed by atoms with Crippen molar-refractivity contribution < 1.29 is 13.5 Å². The van der Waals surface area contributed by atoms with Crippen LogP contribution in [0.5, 0.6) is 5.88 Å². The van der Waals surface area contributed by atoms with Crippen LogP contribution in [0.25, 0.3) is 11.5 Å². The van der Waals surface area contributed by atoms with Crippen molar-refractivity contribution in [2.75, 3.05) is 7.05 Å². The third-order valence-corrected chi connectivity index (χ3v) is 4.46. The van der Waals surface area contributed by atoms with Crippen molar-refractivity contribution >= 4 is 6.21 Å². The third kappa shape index (κ3) is 4.44. The molecule has 31 heavy (non-hydrogen) atoms. The minimum absolute atomic E-state index is 0.0549. The fraction of sp³-hybridized carbons (Fsp3) is 0.200. The summed E-state index contributed by atoms with van der Waals surface area (Å²) in [5.41, 5.74) is 2.60. The van der Waals surface area contributed by atoms with Gasteiger partial charge in [-0.15, -0.1) is 15.3 Å². The number of aryl methyl sites for hydroxylation is 1. The van der Waals surface area contributed by atoms with Crippen LogP contribution >= 0.6 is 0 Å². The molecule has 0 unspecified atom stereocenters. The largest absolute Gasteiger partial charge is 0.470 e. The molecule has 11 heteroatoms. The highest BCUT2D eigenvalue weighted by Crippen LogP contribution is 2.21. The lowest BCUT2D eigenvalue weighted by Gasteiger charge is -2.09. The first kappa shape index (κ1) is 20.3. The molecule has 158 valence electrons. The number of rotatable bonds is 7. The van der Waals surface area contributed by atoms with Crippen LogP contribution in [0.2, 0.25) is 0 Å². The van der Waals surface area contributed by atoms with E-state index in [4.69, 9.17) is 4.74 Å². The highest BCUT2D eigenvalue weighted by Gasteiger charge is 2.14. The van der Waals surface area contributed by atoms with E-state index in [1.807, 2.05) is 0 Å². The number of ether oxygens (including phenoxy) is 1. The Morgan fingerprint density at radius 1 is 1.10 bits per heavy atom. The Morgan fingerprint density at radius 3 is 2.58 bits per heavy atom. The molecule has 4 rings (SSSR count). The van der Waals surface area contributed by atoms with Gasteiger partial charge in [0.2, 0.25) is 5.88 Å². The molecule has 3 heterocycles. The van der Waals surface area contributed by atoms with Gasteiger partial charge >= 0.3 is 0 Å². The van der Waals surface area contributed by atoms with E-state index in [2.05, 4.69) is 30.5 Å². The van der Waals surface area contributed by atoms with E-state index < -0.39 is 6.43 Å². The van der Waals surface area contributed by atoms with E-state index in [1.165, 1.54) is 12.1 Å². The number of benzene rings is 1. The molecular weight excluding hydrogens is 406 g/mol. The van der Waals surface area contributed by atoms with Crippen molar-refractivity contribution in [1.29, 1.82) is 0 Å². The summed E-state index contributed by atoms with van der Waals surface area (Å²) in [6, 6.07) is 9.30. The van der Waals surface area contributed by atoms with Crippen LogP contribution in [0, 0.1) is 6.92 Å². The number of alkyl halides is 2. The van der Waals surface area contributed by atoms with Crippen molar-refractivity contribution in [3.63, 3.8) is 0 Å². The van der Waals surface area contributed by atoms with E-state index in [9.17, 15) is 8.78 Å². The molecule has 0 amide bonds. The number of halogens is 2. The lowest BCUT2D eigenvalue weighted by molar-refractivity contribution is 0.151. The van der Waals surface area contributed by atoms with Gasteiger partial charge < -0.3 is 4.74 Å². The summed E-state index contributed by atoms with van der Waals surface area (Å²) < 4.78 is 34.6. The fourth-order valence-electron chi connectivity index (χ4n) is 2.84. The maximum atomic E-state index is 12.8. The van der Waals surface area contributed by atoms with Crippen molar-refractivity contribution in [3.05, 3.63) is 71.6 Å². The van der Waals surface area contributed by atoms with Crippen molar-refractivity contribution in [3.8, 4) is 17.4 Å². The molecule has 0 saturated carbocycles. The van der Waals surface area contributed by atoms with Gasteiger partial charge in [0.05, 0.1) is 17.1 Å². The summed E-state index contributed by atoms with van der Waals surface area (Å²) in [6.07, 6.45) is 2.52. The van der Waals surface area contributed by atoms with Crippen LogP contribution in [-0.2, 0) is 6.61 Å². The zero-order valence-electron chi connectivity index (χ0n) is 16.7. The van der Waals surface area contributed by atoms with Crippen LogP contribution in [-0.4, -0.2) is 48.0 Å². The average molecular weight is 424 g/mol. The van der Waals surface area contributed by atoms with E-state index in [0.29, 0.717) is 34.5 Å². The summed E-state index contributed by atoms with van der Waals surface area (Å²) in [6.45, 7) is 1.92. The predicted molar refractivity (Wildman–Crippen MR) is 108 cm³/mol. The number of aromatic nitrogens is 7. The van der Waals surface area contributed by atoms with Gasteiger partial charge in [-0.05, 0) is 25.1 Å². The van der Waals surface area contributed by atoms with Crippen molar-refractivity contribution in [2.24, 2.45) is 4.99 Å². The minimum atomic E-state index is -2.52. The summed E-state index contributed by atoms with van der Waals surface area (Å²) in [7, 11) is 1.67. The van der Waals surface area contributed by atoms with Gasteiger partial charge in [-0.2, -0.15) is 0 Å².